The van der Waals surface area contributed by atoms with Crippen molar-refractivity contribution in [2.24, 2.45) is 13.0 Å². The number of fused-ring (bicyclic) bond motifs is 3. The Labute approximate surface area is 182 Å². The van der Waals surface area contributed by atoms with E-state index in [1.165, 1.54) is 27.5 Å². The Balaban J connectivity index is 1.83. The Morgan fingerprint density at radius 1 is 1.03 bits per heavy atom. The van der Waals surface area contributed by atoms with Gasteiger partial charge in [0.25, 0.3) is 5.56 Å². The number of aryl methyl sites for hydroxylation is 2. The van der Waals surface area contributed by atoms with E-state index in [0.29, 0.717) is 23.6 Å². The molecule has 0 amide bonds. The fraction of sp³-hybridized carbons (Fsp3) is 0.542. The molecule has 1 aliphatic heterocycles. The number of rotatable bonds is 7. The van der Waals surface area contributed by atoms with Crippen LogP contribution in [0, 0.1) is 5.92 Å². The summed E-state index contributed by atoms with van der Waals surface area (Å²) in [7, 11) is 1.71. The Kier molecular flexibility index (Phi) is 6.03. The SMILES string of the molecule is CCCCc1ccc(N2C[C@@H](C)Cn3c2nc2c3c(=O)n(CCCC)c(=O)n2C)cc1. The van der Waals surface area contributed by atoms with Crippen molar-refractivity contribution in [1.29, 1.82) is 0 Å². The third-order valence-electron chi connectivity index (χ3n) is 6.24. The summed E-state index contributed by atoms with van der Waals surface area (Å²) in [5.74, 6) is 1.10. The molecule has 0 bridgehead atoms. The van der Waals surface area contributed by atoms with Gasteiger partial charge >= 0.3 is 5.69 Å². The van der Waals surface area contributed by atoms with E-state index >= 15 is 0 Å². The number of benzene rings is 1. The van der Waals surface area contributed by atoms with Crippen molar-refractivity contribution in [2.75, 3.05) is 11.4 Å². The molecule has 3 aromatic rings. The average molecular weight is 424 g/mol. The van der Waals surface area contributed by atoms with E-state index in [1.54, 1.807) is 7.05 Å². The van der Waals surface area contributed by atoms with Crippen LogP contribution in [0.15, 0.2) is 33.9 Å². The van der Waals surface area contributed by atoms with Crippen molar-refractivity contribution < 1.29 is 0 Å². The van der Waals surface area contributed by atoms with Gasteiger partial charge in [-0.1, -0.05) is 45.7 Å². The smallest absolute Gasteiger partial charge is 0.312 e. The molecule has 1 aliphatic rings. The number of aromatic nitrogens is 4. The third-order valence-corrected chi connectivity index (χ3v) is 6.24. The minimum Gasteiger partial charge on any atom is -0.312 e. The number of unbranched alkanes of at least 4 members (excludes halogenated alkanes) is 2. The molecule has 3 heterocycles. The Hall–Kier alpha value is -2.83. The van der Waals surface area contributed by atoms with Crippen LogP contribution in [0.1, 0.15) is 52.0 Å². The first kappa shape index (κ1) is 21.4. The van der Waals surface area contributed by atoms with Gasteiger partial charge in [0.15, 0.2) is 11.2 Å². The van der Waals surface area contributed by atoms with Crippen molar-refractivity contribution in [2.45, 2.75) is 66.0 Å². The molecule has 0 spiro atoms. The number of anilines is 2. The van der Waals surface area contributed by atoms with Gasteiger partial charge in [-0.2, -0.15) is 4.98 Å². The zero-order valence-corrected chi connectivity index (χ0v) is 19.1. The zero-order chi connectivity index (χ0) is 22.1. The van der Waals surface area contributed by atoms with Gasteiger partial charge in [-0.15, -0.1) is 0 Å². The molecule has 0 unspecified atom stereocenters. The quantitative estimate of drug-likeness (QED) is 0.579. The van der Waals surface area contributed by atoms with E-state index in [0.717, 1.165) is 44.0 Å². The summed E-state index contributed by atoms with van der Waals surface area (Å²) in [6, 6.07) is 8.66. The molecular weight excluding hydrogens is 390 g/mol. The fourth-order valence-corrected chi connectivity index (χ4v) is 4.46. The maximum Gasteiger partial charge on any atom is 0.332 e. The van der Waals surface area contributed by atoms with Crippen LogP contribution >= 0.6 is 0 Å². The first-order valence-electron chi connectivity index (χ1n) is 11.5. The Morgan fingerprint density at radius 2 is 1.74 bits per heavy atom. The molecule has 7 heteroatoms. The topological polar surface area (TPSA) is 65.1 Å². The van der Waals surface area contributed by atoms with E-state index in [9.17, 15) is 9.59 Å². The van der Waals surface area contributed by atoms with E-state index < -0.39 is 0 Å². The van der Waals surface area contributed by atoms with Crippen molar-refractivity contribution >= 4 is 22.8 Å². The lowest BCUT2D eigenvalue weighted by molar-refractivity contribution is 0.457. The van der Waals surface area contributed by atoms with Crippen molar-refractivity contribution in [3.8, 4) is 0 Å². The highest BCUT2D eigenvalue weighted by molar-refractivity contribution is 5.77. The molecule has 1 atom stereocenters. The molecule has 1 aromatic carbocycles. The summed E-state index contributed by atoms with van der Waals surface area (Å²) in [4.78, 5) is 33.1. The fourth-order valence-electron chi connectivity index (χ4n) is 4.46. The van der Waals surface area contributed by atoms with Gasteiger partial charge in [-0.25, -0.2) is 4.79 Å². The minimum absolute atomic E-state index is 0.228. The summed E-state index contributed by atoms with van der Waals surface area (Å²) < 4.78 is 4.90. The Bertz CT molecular complexity index is 1190. The molecule has 0 fully saturated rings. The van der Waals surface area contributed by atoms with Gasteiger partial charge in [0.2, 0.25) is 5.95 Å². The van der Waals surface area contributed by atoms with E-state index in [2.05, 4.69) is 49.9 Å². The monoisotopic (exact) mass is 423 g/mol. The maximum atomic E-state index is 13.3. The first-order chi connectivity index (χ1) is 15.0. The molecule has 4 rings (SSSR count). The number of hydrogen-bond donors (Lipinski definition) is 0. The summed E-state index contributed by atoms with van der Waals surface area (Å²) in [5, 5.41) is 0. The zero-order valence-electron chi connectivity index (χ0n) is 19.1. The summed E-state index contributed by atoms with van der Waals surface area (Å²) in [5.41, 5.74) is 2.89. The van der Waals surface area contributed by atoms with Gasteiger partial charge in [0, 0.05) is 32.4 Å². The highest BCUT2D eigenvalue weighted by atomic mass is 16.2. The van der Waals surface area contributed by atoms with E-state index in [4.69, 9.17) is 4.98 Å². The van der Waals surface area contributed by atoms with Crippen molar-refractivity contribution in [1.82, 2.24) is 18.7 Å². The van der Waals surface area contributed by atoms with Crippen molar-refractivity contribution in [3.63, 3.8) is 0 Å². The molecule has 31 heavy (non-hydrogen) atoms. The number of imidazole rings is 1. The van der Waals surface area contributed by atoms with Gasteiger partial charge in [0.1, 0.15) is 0 Å². The summed E-state index contributed by atoms with van der Waals surface area (Å²) >= 11 is 0. The predicted octanol–water partition coefficient (Wildman–Crippen LogP) is 3.83. The van der Waals surface area contributed by atoms with Gasteiger partial charge in [0.05, 0.1) is 0 Å². The lowest BCUT2D eigenvalue weighted by Crippen LogP contribution is -2.40. The molecule has 166 valence electrons. The van der Waals surface area contributed by atoms with Crippen LogP contribution in [0.3, 0.4) is 0 Å². The normalized spacial score (nSPS) is 16.1. The first-order valence-corrected chi connectivity index (χ1v) is 11.5. The van der Waals surface area contributed by atoms with Crippen LogP contribution in [0.5, 0.6) is 0 Å². The van der Waals surface area contributed by atoms with Gasteiger partial charge < -0.3 is 9.47 Å². The lowest BCUT2D eigenvalue weighted by Gasteiger charge is -2.33. The van der Waals surface area contributed by atoms with E-state index in [-0.39, 0.29) is 11.2 Å². The minimum atomic E-state index is -0.290. The maximum absolute atomic E-state index is 13.3. The second kappa shape index (κ2) is 8.73. The molecule has 2 aromatic heterocycles. The number of hydrogen-bond acceptors (Lipinski definition) is 4. The Morgan fingerprint density at radius 3 is 2.42 bits per heavy atom. The standard InChI is InChI=1S/C24H33N5O2/c1-5-7-9-18-10-12-19(13-11-18)28-15-17(3)16-29-20-21(25-23(28)29)26(4)24(31)27(22(20)30)14-8-6-2/h10-13,17H,5-9,14-16H2,1-4H3/t17-/m1/s1. The highest BCUT2D eigenvalue weighted by Crippen LogP contribution is 2.33. The van der Waals surface area contributed by atoms with E-state index in [1.807, 2.05) is 4.57 Å². The molecule has 0 radical (unpaired) electrons. The summed E-state index contributed by atoms with van der Waals surface area (Å²) in [6.07, 6.45) is 5.19. The molecule has 0 saturated heterocycles. The second-order valence-corrected chi connectivity index (χ2v) is 8.83. The average Bonchev–Trinajstić information content (AvgIpc) is 3.15. The highest BCUT2D eigenvalue weighted by Gasteiger charge is 2.29. The van der Waals surface area contributed by atoms with Crippen LogP contribution in [0.2, 0.25) is 0 Å². The number of nitrogens with zero attached hydrogens (tertiary/aromatic N) is 5. The van der Waals surface area contributed by atoms with Crippen LogP contribution < -0.4 is 16.1 Å². The second-order valence-electron chi connectivity index (χ2n) is 8.83. The van der Waals surface area contributed by atoms with Gasteiger partial charge in [-0.3, -0.25) is 13.9 Å². The molecule has 0 aliphatic carbocycles. The van der Waals surface area contributed by atoms with Crippen molar-refractivity contribution in [3.05, 3.63) is 50.7 Å². The lowest BCUT2D eigenvalue weighted by atomic mass is 10.1. The summed E-state index contributed by atoms with van der Waals surface area (Å²) in [6.45, 7) is 8.44. The largest absolute Gasteiger partial charge is 0.332 e. The van der Waals surface area contributed by atoms with Crippen LogP contribution in [-0.2, 0) is 26.6 Å². The molecular formula is C24H33N5O2. The van der Waals surface area contributed by atoms with Crippen LogP contribution in [0.25, 0.3) is 11.2 Å². The van der Waals surface area contributed by atoms with Crippen LogP contribution in [0.4, 0.5) is 11.6 Å². The van der Waals surface area contributed by atoms with Gasteiger partial charge in [-0.05, 0) is 42.9 Å². The van der Waals surface area contributed by atoms with Crippen LogP contribution in [-0.4, -0.2) is 25.2 Å². The molecule has 0 N–H and O–H groups in total. The molecule has 7 nitrogen and oxygen atoms in total. The predicted molar refractivity (Wildman–Crippen MR) is 125 cm³/mol. The molecule has 0 saturated carbocycles. The third kappa shape index (κ3) is 3.82.